The predicted molar refractivity (Wildman–Crippen MR) is 81.1 cm³/mol. The summed E-state index contributed by atoms with van der Waals surface area (Å²) in [5.74, 6) is -0.259. The lowest BCUT2D eigenvalue weighted by Gasteiger charge is -2.41. The van der Waals surface area contributed by atoms with E-state index in [4.69, 9.17) is 0 Å². The number of likely N-dealkylation sites (tertiary alicyclic amines) is 1. The molecule has 2 fully saturated rings. The van der Waals surface area contributed by atoms with Crippen molar-refractivity contribution >= 4 is 12.0 Å². The normalized spacial score (nSPS) is 26.4. The molecule has 5 heteroatoms. The third-order valence-corrected chi connectivity index (χ3v) is 5.79. The fourth-order valence-corrected chi connectivity index (χ4v) is 3.42. The van der Waals surface area contributed by atoms with Gasteiger partial charge in [0, 0.05) is 12.6 Å². The minimum absolute atomic E-state index is 0.108. The number of rotatable bonds is 3. The highest BCUT2D eigenvalue weighted by molar-refractivity contribution is 5.80. The summed E-state index contributed by atoms with van der Waals surface area (Å²) in [7, 11) is 0. The molecule has 1 heterocycles. The maximum absolute atomic E-state index is 12.6. The fraction of sp³-hybridized carbons (Fsp3) is 0.875. The Balaban J connectivity index is 2.06. The van der Waals surface area contributed by atoms with E-state index in [-0.39, 0.29) is 6.03 Å². The Kier molecular flexibility index (Phi) is 4.22. The molecule has 1 aliphatic carbocycles. The van der Waals surface area contributed by atoms with Crippen molar-refractivity contribution in [1.29, 1.82) is 0 Å². The number of fused-ring (bicyclic) bond motifs is 1. The van der Waals surface area contributed by atoms with Crippen molar-refractivity contribution in [2.24, 2.45) is 11.3 Å². The molecule has 0 aromatic carbocycles. The van der Waals surface area contributed by atoms with Crippen molar-refractivity contribution in [3.63, 3.8) is 0 Å². The quantitative estimate of drug-likeness (QED) is 0.841. The first-order chi connectivity index (χ1) is 9.67. The molecular weight excluding hydrogens is 268 g/mol. The molecule has 0 aromatic rings. The van der Waals surface area contributed by atoms with E-state index in [9.17, 15) is 14.7 Å². The number of carboxylic acids is 1. The second-order valence-corrected chi connectivity index (χ2v) is 7.58. The summed E-state index contributed by atoms with van der Waals surface area (Å²) in [6, 6.07) is 0.242. The number of urea groups is 1. The molecule has 1 aliphatic heterocycles. The van der Waals surface area contributed by atoms with E-state index in [2.05, 4.69) is 5.32 Å². The lowest BCUT2D eigenvalue weighted by Crippen LogP contribution is -2.60. The topological polar surface area (TPSA) is 69.6 Å². The zero-order valence-electron chi connectivity index (χ0n) is 13.6. The van der Waals surface area contributed by atoms with E-state index in [1.807, 2.05) is 4.90 Å². The average Bonchev–Trinajstić information content (AvgIpc) is 2.81. The molecular formula is C16H28N2O3. The van der Waals surface area contributed by atoms with Crippen molar-refractivity contribution in [3.8, 4) is 0 Å². The van der Waals surface area contributed by atoms with Crippen molar-refractivity contribution in [2.45, 2.75) is 71.4 Å². The minimum Gasteiger partial charge on any atom is -0.481 e. The molecule has 2 N–H and O–H groups in total. The number of amides is 2. The highest BCUT2D eigenvalue weighted by atomic mass is 16.4. The lowest BCUT2D eigenvalue weighted by molar-refractivity contribution is -0.150. The van der Waals surface area contributed by atoms with Gasteiger partial charge in [0.15, 0.2) is 0 Å². The number of carboxylic acid groups (broad SMARTS) is 1. The van der Waals surface area contributed by atoms with Crippen molar-refractivity contribution in [2.75, 3.05) is 6.54 Å². The highest BCUT2D eigenvalue weighted by Crippen LogP contribution is 2.37. The molecule has 120 valence electrons. The predicted octanol–water partition coefficient (Wildman–Crippen LogP) is 2.85. The smallest absolute Gasteiger partial charge is 0.318 e. The van der Waals surface area contributed by atoms with E-state index in [0.717, 1.165) is 19.4 Å². The Morgan fingerprint density at radius 1 is 1.10 bits per heavy atom. The van der Waals surface area contributed by atoms with Crippen molar-refractivity contribution < 1.29 is 14.7 Å². The minimum atomic E-state index is -1.02. The largest absolute Gasteiger partial charge is 0.481 e. The molecule has 0 spiro atoms. The van der Waals surface area contributed by atoms with Crippen LogP contribution in [0.15, 0.2) is 0 Å². The zero-order chi connectivity index (χ0) is 15.8. The molecule has 0 bridgehead atoms. The summed E-state index contributed by atoms with van der Waals surface area (Å²) in [6.07, 6.45) is 5.85. The maximum Gasteiger partial charge on any atom is 0.318 e. The average molecular weight is 296 g/mol. The maximum atomic E-state index is 12.6. The highest BCUT2D eigenvalue weighted by Gasteiger charge is 2.46. The number of carbonyl (C=O) groups excluding carboxylic acids is 1. The summed E-state index contributed by atoms with van der Waals surface area (Å²) in [5.41, 5.74) is -1.82. The van der Waals surface area contributed by atoms with Crippen molar-refractivity contribution in [1.82, 2.24) is 10.2 Å². The van der Waals surface area contributed by atoms with Gasteiger partial charge in [0.1, 0.15) is 0 Å². The molecule has 0 radical (unpaired) electrons. The number of aliphatic carboxylic acids is 1. The second-order valence-electron chi connectivity index (χ2n) is 7.58. The molecule has 21 heavy (non-hydrogen) atoms. The molecule has 2 aliphatic rings. The van der Waals surface area contributed by atoms with Crippen LogP contribution in [-0.4, -0.2) is 40.1 Å². The van der Waals surface area contributed by atoms with Crippen LogP contribution in [0.1, 0.15) is 59.8 Å². The van der Waals surface area contributed by atoms with Gasteiger partial charge in [-0.1, -0.05) is 12.8 Å². The van der Waals surface area contributed by atoms with Gasteiger partial charge in [0.25, 0.3) is 0 Å². The van der Waals surface area contributed by atoms with Gasteiger partial charge < -0.3 is 15.3 Å². The van der Waals surface area contributed by atoms with Gasteiger partial charge in [-0.3, -0.25) is 4.79 Å². The molecule has 2 atom stereocenters. The summed E-state index contributed by atoms with van der Waals surface area (Å²) in [6.45, 7) is 7.68. The van der Waals surface area contributed by atoms with Crippen LogP contribution < -0.4 is 5.32 Å². The first kappa shape index (κ1) is 16.1. The van der Waals surface area contributed by atoms with Gasteiger partial charge in [-0.05, 0) is 52.9 Å². The first-order valence-electron chi connectivity index (χ1n) is 7.99. The third-order valence-electron chi connectivity index (χ3n) is 5.79. The van der Waals surface area contributed by atoms with Crippen LogP contribution in [0.5, 0.6) is 0 Å². The van der Waals surface area contributed by atoms with Crippen molar-refractivity contribution in [3.05, 3.63) is 0 Å². The lowest BCUT2D eigenvalue weighted by atomic mass is 9.74. The fourth-order valence-electron chi connectivity index (χ4n) is 3.42. The second kappa shape index (κ2) is 5.50. The van der Waals surface area contributed by atoms with Crippen LogP contribution in [0.25, 0.3) is 0 Å². The van der Waals surface area contributed by atoms with Gasteiger partial charge in [-0.25, -0.2) is 4.79 Å². The molecule has 2 amide bonds. The molecule has 2 unspecified atom stereocenters. The van der Waals surface area contributed by atoms with Gasteiger partial charge in [0.05, 0.1) is 11.0 Å². The number of hydrogen-bond donors (Lipinski definition) is 2. The van der Waals surface area contributed by atoms with E-state index in [1.54, 1.807) is 27.7 Å². The van der Waals surface area contributed by atoms with Crippen LogP contribution >= 0.6 is 0 Å². The number of nitrogens with one attached hydrogen (secondary N) is 1. The molecule has 5 nitrogen and oxygen atoms in total. The summed E-state index contributed by atoms with van der Waals surface area (Å²) < 4.78 is 0. The molecule has 1 saturated carbocycles. The zero-order valence-corrected chi connectivity index (χ0v) is 13.6. The third kappa shape index (κ3) is 2.87. The Bertz CT molecular complexity index is 431. The Labute approximate surface area is 127 Å². The van der Waals surface area contributed by atoms with Crippen LogP contribution in [0.2, 0.25) is 0 Å². The Morgan fingerprint density at radius 2 is 1.71 bits per heavy atom. The van der Waals surface area contributed by atoms with Gasteiger partial charge in [0.2, 0.25) is 0 Å². The monoisotopic (exact) mass is 296 g/mol. The van der Waals surface area contributed by atoms with Gasteiger partial charge >= 0.3 is 12.0 Å². The number of hydrogen-bond acceptors (Lipinski definition) is 2. The Morgan fingerprint density at radius 3 is 2.33 bits per heavy atom. The van der Waals surface area contributed by atoms with Gasteiger partial charge in [-0.15, -0.1) is 0 Å². The summed E-state index contributed by atoms with van der Waals surface area (Å²) >= 11 is 0. The number of carbonyl (C=O) groups is 2. The van der Waals surface area contributed by atoms with E-state index >= 15 is 0 Å². The van der Waals surface area contributed by atoms with Gasteiger partial charge in [-0.2, -0.15) is 0 Å². The van der Waals surface area contributed by atoms with E-state index < -0.39 is 16.9 Å². The summed E-state index contributed by atoms with van der Waals surface area (Å²) in [4.78, 5) is 26.0. The molecule has 0 aromatic heterocycles. The molecule has 1 saturated heterocycles. The van der Waals surface area contributed by atoms with Crippen LogP contribution in [0.4, 0.5) is 4.79 Å². The SMILES string of the molecule is CC(C)(NC(=O)N1CCC2CCCCC21)C(C)(C)C(=O)O. The van der Waals surface area contributed by atoms with Crippen LogP contribution in [0.3, 0.4) is 0 Å². The number of nitrogens with zero attached hydrogens (tertiary/aromatic N) is 1. The Hall–Kier alpha value is -1.26. The summed E-state index contributed by atoms with van der Waals surface area (Å²) in [5, 5.41) is 12.3. The first-order valence-corrected chi connectivity index (χ1v) is 7.99. The van der Waals surface area contributed by atoms with E-state index in [0.29, 0.717) is 12.0 Å². The van der Waals surface area contributed by atoms with Crippen LogP contribution in [0, 0.1) is 11.3 Å². The molecule has 2 rings (SSSR count). The van der Waals surface area contributed by atoms with E-state index in [1.165, 1.54) is 19.3 Å². The standard InChI is InChI=1S/C16H28N2O3/c1-15(2,13(19)20)16(3,4)17-14(21)18-10-9-11-7-5-6-8-12(11)18/h11-12H,5-10H2,1-4H3,(H,17,21)(H,19,20). The van der Waals surface area contributed by atoms with Crippen LogP contribution in [-0.2, 0) is 4.79 Å².